The standard InChI is InChI=1S/C19H22FNO3/c1-12(2)9-13-5-7-14(8-6-13)19(22)21-16-11-18(24-4)17(23-3)10-15(16)20/h5-8,10-12H,9H2,1-4H3,(H,21,22). The summed E-state index contributed by atoms with van der Waals surface area (Å²) >= 11 is 0. The molecule has 5 heteroatoms. The zero-order valence-electron chi connectivity index (χ0n) is 14.4. The normalized spacial score (nSPS) is 10.6. The Labute approximate surface area is 141 Å². The highest BCUT2D eigenvalue weighted by atomic mass is 19.1. The number of amides is 1. The highest BCUT2D eigenvalue weighted by molar-refractivity contribution is 6.04. The number of ether oxygens (including phenoxy) is 2. The van der Waals surface area contributed by atoms with Crippen molar-refractivity contribution in [2.75, 3.05) is 19.5 Å². The zero-order chi connectivity index (χ0) is 17.7. The maximum atomic E-state index is 14.1. The highest BCUT2D eigenvalue weighted by Gasteiger charge is 2.14. The first kappa shape index (κ1) is 17.8. The van der Waals surface area contributed by atoms with Crippen LogP contribution in [0.4, 0.5) is 10.1 Å². The summed E-state index contributed by atoms with van der Waals surface area (Å²) in [5.74, 6) is 0.202. The molecule has 0 saturated carbocycles. The van der Waals surface area contributed by atoms with Gasteiger partial charge in [-0.25, -0.2) is 4.39 Å². The summed E-state index contributed by atoms with van der Waals surface area (Å²) in [6.45, 7) is 4.28. The van der Waals surface area contributed by atoms with Gasteiger partial charge in [-0.3, -0.25) is 4.79 Å². The number of nitrogens with one attached hydrogen (secondary N) is 1. The lowest BCUT2D eigenvalue weighted by molar-refractivity contribution is 0.102. The minimum Gasteiger partial charge on any atom is -0.493 e. The SMILES string of the molecule is COc1cc(F)c(NC(=O)c2ccc(CC(C)C)cc2)cc1OC. The lowest BCUT2D eigenvalue weighted by Crippen LogP contribution is -2.13. The summed E-state index contributed by atoms with van der Waals surface area (Å²) in [6, 6.07) is 9.90. The molecule has 4 nitrogen and oxygen atoms in total. The van der Waals surface area contributed by atoms with E-state index in [9.17, 15) is 9.18 Å². The minimum atomic E-state index is -0.586. The van der Waals surface area contributed by atoms with Crippen molar-refractivity contribution in [3.63, 3.8) is 0 Å². The van der Waals surface area contributed by atoms with Gasteiger partial charge in [0.2, 0.25) is 0 Å². The Morgan fingerprint density at radius 2 is 1.67 bits per heavy atom. The Morgan fingerprint density at radius 3 is 2.21 bits per heavy atom. The molecule has 0 heterocycles. The number of rotatable bonds is 6. The van der Waals surface area contributed by atoms with Gasteiger partial charge in [-0.1, -0.05) is 26.0 Å². The minimum absolute atomic E-state index is 0.0453. The van der Waals surface area contributed by atoms with E-state index in [0.717, 1.165) is 6.42 Å². The molecule has 128 valence electrons. The second-order valence-corrected chi connectivity index (χ2v) is 5.94. The van der Waals surface area contributed by atoms with E-state index in [-0.39, 0.29) is 17.3 Å². The van der Waals surface area contributed by atoms with E-state index in [1.807, 2.05) is 12.1 Å². The van der Waals surface area contributed by atoms with Gasteiger partial charge >= 0.3 is 0 Å². The number of anilines is 1. The van der Waals surface area contributed by atoms with Crippen molar-refractivity contribution in [1.82, 2.24) is 0 Å². The van der Waals surface area contributed by atoms with Gasteiger partial charge in [0.25, 0.3) is 5.91 Å². The van der Waals surface area contributed by atoms with Gasteiger partial charge in [-0.05, 0) is 30.0 Å². The average Bonchev–Trinajstić information content (AvgIpc) is 2.56. The van der Waals surface area contributed by atoms with Crippen molar-refractivity contribution < 1.29 is 18.7 Å². The van der Waals surface area contributed by atoms with Crippen LogP contribution in [-0.2, 0) is 6.42 Å². The van der Waals surface area contributed by atoms with Crippen LogP contribution in [0.5, 0.6) is 11.5 Å². The molecule has 0 atom stereocenters. The van der Waals surface area contributed by atoms with Gasteiger partial charge in [0.1, 0.15) is 0 Å². The van der Waals surface area contributed by atoms with Gasteiger partial charge in [-0.2, -0.15) is 0 Å². The Morgan fingerprint density at radius 1 is 1.08 bits per heavy atom. The molecule has 2 aromatic carbocycles. The fraction of sp³-hybridized carbons (Fsp3) is 0.316. The molecule has 0 unspecified atom stereocenters. The summed E-state index contributed by atoms with van der Waals surface area (Å²) in [5, 5.41) is 2.56. The van der Waals surface area contributed by atoms with Crippen molar-refractivity contribution in [2.45, 2.75) is 20.3 Å². The first-order valence-corrected chi connectivity index (χ1v) is 7.76. The van der Waals surface area contributed by atoms with Crippen molar-refractivity contribution in [3.05, 3.63) is 53.3 Å². The molecule has 0 aliphatic rings. The van der Waals surface area contributed by atoms with Crippen LogP contribution < -0.4 is 14.8 Å². The van der Waals surface area contributed by atoms with E-state index in [1.165, 1.54) is 31.9 Å². The number of halogens is 1. The molecular weight excluding hydrogens is 309 g/mol. The van der Waals surface area contributed by atoms with E-state index < -0.39 is 5.82 Å². The van der Waals surface area contributed by atoms with Gasteiger partial charge in [0.15, 0.2) is 17.3 Å². The van der Waals surface area contributed by atoms with E-state index in [4.69, 9.17) is 9.47 Å². The van der Waals surface area contributed by atoms with E-state index in [2.05, 4.69) is 19.2 Å². The monoisotopic (exact) mass is 331 g/mol. The van der Waals surface area contributed by atoms with E-state index in [1.54, 1.807) is 12.1 Å². The summed E-state index contributed by atoms with van der Waals surface area (Å²) in [4.78, 5) is 12.3. The second kappa shape index (κ2) is 7.81. The van der Waals surface area contributed by atoms with Gasteiger partial charge < -0.3 is 14.8 Å². The predicted molar refractivity (Wildman–Crippen MR) is 92.4 cm³/mol. The first-order chi connectivity index (χ1) is 11.4. The molecule has 0 aliphatic carbocycles. The predicted octanol–water partition coefficient (Wildman–Crippen LogP) is 4.29. The average molecular weight is 331 g/mol. The Kier molecular flexibility index (Phi) is 5.79. The fourth-order valence-electron chi connectivity index (χ4n) is 2.41. The van der Waals surface area contributed by atoms with Crippen LogP contribution in [0.25, 0.3) is 0 Å². The molecular formula is C19H22FNO3. The van der Waals surface area contributed by atoms with E-state index in [0.29, 0.717) is 17.2 Å². The third kappa shape index (κ3) is 4.25. The van der Waals surface area contributed by atoms with Gasteiger partial charge in [-0.15, -0.1) is 0 Å². The zero-order valence-corrected chi connectivity index (χ0v) is 14.4. The molecule has 0 bridgehead atoms. The maximum Gasteiger partial charge on any atom is 0.255 e. The molecule has 1 amide bonds. The fourth-order valence-corrected chi connectivity index (χ4v) is 2.41. The van der Waals surface area contributed by atoms with Crippen molar-refractivity contribution in [2.24, 2.45) is 5.92 Å². The van der Waals surface area contributed by atoms with E-state index >= 15 is 0 Å². The van der Waals surface area contributed by atoms with Crippen molar-refractivity contribution in [3.8, 4) is 11.5 Å². The third-order valence-electron chi connectivity index (χ3n) is 3.58. The van der Waals surface area contributed by atoms with Crippen molar-refractivity contribution in [1.29, 1.82) is 0 Å². The topological polar surface area (TPSA) is 47.6 Å². The van der Waals surface area contributed by atoms with Crippen LogP contribution in [0.3, 0.4) is 0 Å². The lowest BCUT2D eigenvalue weighted by atomic mass is 10.0. The Balaban J connectivity index is 2.17. The number of carbonyl (C=O) groups excluding carboxylic acids is 1. The summed E-state index contributed by atoms with van der Waals surface area (Å²) < 4.78 is 24.2. The molecule has 1 N–H and O–H groups in total. The molecule has 0 aromatic heterocycles. The quantitative estimate of drug-likeness (QED) is 0.859. The van der Waals surface area contributed by atoms with Crippen molar-refractivity contribution >= 4 is 11.6 Å². The molecule has 0 fully saturated rings. The number of methoxy groups -OCH3 is 2. The Hall–Kier alpha value is -2.56. The van der Waals surface area contributed by atoms with Crippen LogP contribution in [-0.4, -0.2) is 20.1 Å². The van der Waals surface area contributed by atoms with Crippen LogP contribution in [0.1, 0.15) is 29.8 Å². The molecule has 0 aliphatic heterocycles. The molecule has 2 rings (SSSR count). The maximum absolute atomic E-state index is 14.1. The summed E-state index contributed by atoms with van der Waals surface area (Å²) in [7, 11) is 2.88. The summed E-state index contributed by atoms with van der Waals surface area (Å²) in [6.07, 6.45) is 0.951. The Bertz CT molecular complexity index is 711. The first-order valence-electron chi connectivity index (χ1n) is 7.76. The van der Waals surface area contributed by atoms with Crippen LogP contribution in [0, 0.1) is 11.7 Å². The molecule has 24 heavy (non-hydrogen) atoms. The van der Waals surface area contributed by atoms with Crippen LogP contribution in [0.15, 0.2) is 36.4 Å². The molecule has 0 radical (unpaired) electrons. The molecule has 2 aromatic rings. The lowest BCUT2D eigenvalue weighted by Gasteiger charge is -2.12. The third-order valence-corrected chi connectivity index (χ3v) is 3.58. The van der Waals surface area contributed by atoms with Crippen LogP contribution >= 0.6 is 0 Å². The smallest absolute Gasteiger partial charge is 0.255 e. The van der Waals surface area contributed by atoms with Crippen LogP contribution in [0.2, 0.25) is 0 Å². The number of carbonyl (C=O) groups is 1. The molecule has 0 saturated heterocycles. The number of hydrogen-bond donors (Lipinski definition) is 1. The summed E-state index contributed by atoms with van der Waals surface area (Å²) in [5.41, 5.74) is 1.68. The molecule has 0 spiro atoms. The highest BCUT2D eigenvalue weighted by Crippen LogP contribution is 2.32. The number of benzene rings is 2. The van der Waals surface area contributed by atoms with Gasteiger partial charge in [0.05, 0.1) is 19.9 Å². The second-order valence-electron chi connectivity index (χ2n) is 5.94. The largest absolute Gasteiger partial charge is 0.493 e. The number of hydrogen-bond acceptors (Lipinski definition) is 3. The van der Waals surface area contributed by atoms with Gasteiger partial charge in [0, 0.05) is 17.7 Å².